The monoisotopic (exact) mass is 468 g/mol. The Hall–Kier alpha value is 0.324. The highest BCUT2D eigenvalue weighted by molar-refractivity contribution is 6.92. The minimum atomic E-state index is -2.71. The molecule has 0 saturated carbocycles. The van der Waals surface area contributed by atoms with E-state index in [0.717, 1.165) is 0 Å². The third-order valence-corrected chi connectivity index (χ3v) is 22.2. The maximum Gasteiger partial charge on any atom is 0.500 e. The number of hydrogen-bond acceptors (Lipinski definition) is 6. The fourth-order valence-electron chi connectivity index (χ4n) is 2.87. The Labute approximate surface area is 172 Å². The Bertz CT molecular complexity index is 487. The lowest BCUT2D eigenvalue weighted by Gasteiger charge is -2.42. The van der Waals surface area contributed by atoms with E-state index in [9.17, 15) is 0 Å². The lowest BCUT2D eigenvalue weighted by Crippen LogP contribution is -2.58. The summed E-state index contributed by atoms with van der Waals surface area (Å²) in [6.45, 7) is 22.6. The van der Waals surface area contributed by atoms with Gasteiger partial charge in [0.05, 0.1) is 0 Å². The molecule has 0 aliphatic carbocycles. The zero-order chi connectivity index (χ0) is 21.6. The van der Waals surface area contributed by atoms with Gasteiger partial charge in [0, 0.05) is 27.4 Å². The van der Waals surface area contributed by atoms with Gasteiger partial charge in [-0.15, -0.1) is 13.2 Å². The molecule has 0 spiro atoms. The average Bonchev–Trinajstić information content (AvgIpc) is 2.54. The molecule has 0 radical (unpaired) electrons. The standard InChI is InChI=1S/C16H40O6Si5/c1-13-23(6,7)20-25(10,11)22-26(12,21-24(8,9)14-2)15-16-27(17-3,18-4)19-5/h13-14H,1-2,15-16H2,3-12H3. The van der Waals surface area contributed by atoms with Crippen molar-refractivity contribution in [2.24, 2.45) is 0 Å². The van der Waals surface area contributed by atoms with Gasteiger partial charge in [0.15, 0.2) is 16.6 Å². The molecule has 1 atom stereocenters. The minimum Gasteiger partial charge on any atom is -0.433 e. The van der Waals surface area contributed by atoms with Crippen LogP contribution in [0.1, 0.15) is 0 Å². The van der Waals surface area contributed by atoms with E-state index < -0.39 is 42.6 Å². The summed E-state index contributed by atoms with van der Waals surface area (Å²) in [7, 11) is -6.88. The lowest BCUT2D eigenvalue weighted by atomic mass is 10.9. The van der Waals surface area contributed by atoms with Crippen LogP contribution in [0.25, 0.3) is 0 Å². The fraction of sp³-hybridized carbons (Fsp3) is 0.750. The van der Waals surface area contributed by atoms with Gasteiger partial charge in [0.25, 0.3) is 0 Å². The molecular weight excluding hydrogens is 429 g/mol. The molecule has 0 bridgehead atoms. The molecule has 0 aromatic rings. The third kappa shape index (κ3) is 9.58. The summed E-state index contributed by atoms with van der Waals surface area (Å²) in [6, 6.07) is 1.34. The van der Waals surface area contributed by atoms with Gasteiger partial charge in [0.1, 0.15) is 0 Å². The van der Waals surface area contributed by atoms with Crippen LogP contribution < -0.4 is 0 Å². The van der Waals surface area contributed by atoms with Crippen LogP contribution in [0.15, 0.2) is 24.6 Å². The summed E-state index contributed by atoms with van der Waals surface area (Å²) in [4.78, 5) is 0. The second-order valence-electron chi connectivity index (χ2n) is 8.25. The molecule has 0 fully saturated rings. The molecule has 0 aliphatic rings. The summed E-state index contributed by atoms with van der Waals surface area (Å²) in [6.07, 6.45) is 0. The van der Waals surface area contributed by atoms with E-state index in [-0.39, 0.29) is 0 Å². The SMILES string of the molecule is C=C[Si](C)(C)O[Si](C)(C)O[Si](C)(CC[Si](OC)(OC)OC)O[Si](C)(C)C=C. The summed E-state index contributed by atoms with van der Waals surface area (Å²) in [5, 5.41) is 0. The van der Waals surface area contributed by atoms with E-state index in [1.54, 1.807) is 21.3 Å². The molecule has 0 aromatic carbocycles. The Balaban J connectivity index is 5.60. The topological polar surface area (TPSA) is 55.4 Å². The third-order valence-electron chi connectivity index (χ3n) is 4.25. The van der Waals surface area contributed by atoms with Crippen molar-refractivity contribution in [3.63, 3.8) is 0 Å². The quantitative estimate of drug-likeness (QED) is 0.349. The van der Waals surface area contributed by atoms with Crippen molar-refractivity contribution >= 4 is 42.6 Å². The largest absolute Gasteiger partial charge is 0.500 e. The van der Waals surface area contributed by atoms with Gasteiger partial charge < -0.3 is 25.6 Å². The van der Waals surface area contributed by atoms with Crippen molar-refractivity contribution in [2.45, 2.75) is 57.9 Å². The van der Waals surface area contributed by atoms with Crippen molar-refractivity contribution in [1.82, 2.24) is 0 Å². The van der Waals surface area contributed by atoms with Gasteiger partial charge in [-0.05, 0) is 51.9 Å². The Kier molecular flexibility index (Phi) is 10.5. The van der Waals surface area contributed by atoms with Crippen molar-refractivity contribution < 1.29 is 25.6 Å². The first-order valence-electron chi connectivity index (χ1n) is 9.16. The van der Waals surface area contributed by atoms with Crippen LogP contribution in [-0.2, 0) is 25.6 Å². The average molecular weight is 469 g/mol. The molecule has 0 saturated heterocycles. The molecule has 0 aliphatic heterocycles. The zero-order valence-electron chi connectivity index (χ0n) is 18.9. The van der Waals surface area contributed by atoms with Gasteiger partial charge in [-0.3, -0.25) is 0 Å². The van der Waals surface area contributed by atoms with Gasteiger partial charge >= 0.3 is 25.9 Å². The smallest absolute Gasteiger partial charge is 0.433 e. The Morgan fingerprint density at radius 2 is 1.04 bits per heavy atom. The first-order valence-corrected chi connectivity index (χ1v) is 22.4. The minimum absolute atomic E-state index is 0.633. The number of hydrogen-bond donors (Lipinski definition) is 0. The van der Waals surface area contributed by atoms with Crippen LogP contribution in [0.2, 0.25) is 57.9 Å². The van der Waals surface area contributed by atoms with Crippen LogP contribution in [-0.4, -0.2) is 63.9 Å². The number of rotatable bonds is 14. The van der Waals surface area contributed by atoms with Crippen LogP contribution >= 0.6 is 0 Å². The van der Waals surface area contributed by atoms with Crippen molar-refractivity contribution in [2.75, 3.05) is 21.3 Å². The normalized spacial score (nSPS) is 16.1. The first kappa shape index (κ1) is 27.3. The van der Waals surface area contributed by atoms with Crippen LogP contribution in [0.3, 0.4) is 0 Å². The Morgan fingerprint density at radius 1 is 0.630 bits per heavy atom. The summed E-state index contributed by atoms with van der Waals surface area (Å²) in [5.74, 6) is 0. The van der Waals surface area contributed by atoms with Crippen LogP contribution in [0, 0.1) is 0 Å². The highest BCUT2D eigenvalue weighted by Crippen LogP contribution is 2.31. The lowest BCUT2D eigenvalue weighted by molar-refractivity contribution is 0.124. The van der Waals surface area contributed by atoms with E-state index in [1.165, 1.54) is 0 Å². The molecule has 160 valence electrons. The van der Waals surface area contributed by atoms with E-state index in [2.05, 4.69) is 59.0 Å². The molecule has 0 aromatic heterocycles. The van der Waals surface area contributed by atoms with Gasteiger partial charge in [-0.1, -0.05) is 11.4 Å². The van der Waals surface area contributed by atoms with Crippen LogP contribution in [0.4, 0.5) is 0 Å². The molecule has 27 heavy (non-hydrogen) atoms. The first-order chi connectivity index (χ1) is 12.1. The molecule has 6 nitrogen and oxygen atoms in total. The van der Waals surface area contributed by atoms with Crippen LogP contribution in [0.5, 0.6) is 0 Å². The molecule has 11 heteroatoms. The predicted molar refractivity (Wildman–Crippen MR) is 124 cm³/mol. The summed E-state index contributed by atoms with van der Waals surface area (Å²) >= 11 is 0. The second-order valence-corrected chi connectivity index (χ2v) is 26.6. The summed E-state index contributed by atoms with van der Waals surface area (Å²) in [5.41, 5.74) is 3.87. The second kappa shape index (κ2) is 10.4. The van der Waals surface area contributed by atoms with E-state index >= 15 is 0 Å². The van der Waals surface area contributed by atoms with E-state index in [0.29, 0.717) is 12.1 Å². The van der Waals surface area contributed by atoms with Gasteiger partial charge in [-0.2, -0.15) is 0 Å². The summed E-state index contributed by atoms with van der Waals surface area (Å²) < 4.78 is 36.5. The molecule has 1 unspecified atom stereocenters. The fourth-order valence-corrected chi connectivity index (χ4v) is 23.3. The highest BCUT2D eigenvalue weighted by Gasteiger charge is 2.48. The van der Waals surface area contributed by atoms with Crippen molar-refractivity contribution in [1.29, 1.82) is 0 Å². The molecule has 0 N–H and O–H groups in total. The predicted octanol–water partition coefficient (Wildman–Crippen LogP) is 4.55. The maximum atomic E-state index is 6.69. The molecular formula is C16H40O6Si5. The molecule has 0 rings (SSSR count). The van der Waals surface area contributed by atoms with E-state index in [4.69, 9.17) is 25.6 Å². The van der Waals surface area contributed by atoms with Gasteiger partial charge in [-0.25, -0.2) is 0 Å². The Morgan fingerprint density at radius 3 is 1.41 bits per heavy atom. The highest BCUT2D eigenvalue weighted by atomic mass is 28.5. The van der Waals surface area contributed by atoms with E-state index in [1.807, 2.05) is 11.4 Å². The van der Waals surface area contributed by atoms with Crippen molar-refractivity contribution in [3.05, 3.63) is 24.6 Å². The molecule has 0 heterocycles. The van der Waals surface area contributed by atoms with Gasteiger partial charge in [0.2, 0.25) is 0 Å². The zero-order valence-corrected chi connectivity index (χ0v) is 23.9. The maximum absolute atomic E-state index is 6.69. The van der Waals surface area contributed by atoms with Crippen molar-refractivity contribution in [3.8, 4) is 0 Å². The molecule has 0 amide bonds.